The van der Waals surface area contributed by atoms with Crippen molar-refractivity contribution in [1.82, 2.24) is 10.2 Å². The number of likely N-dealkylation sites (tertiary alicyclic amines) is 1. The molecule has 0 radical (unpaired) electrons. The molecule has 1 fully saturated rings. The Hall–Kier alpha value is -2.97. The van der Waals surface area contributed by atoms with Crippen LogP contribution in [0.1, 0.15) is 46.1 Å². The highest BCUT2D eigenvalue weighted by Crippen LogP contribution is 2.29. The number of alkyl carbamates (subject to hydrolysis) is 1. The minimum atomic E-state index is -1.18. The second-order valence-electron chi connectivity index (χ2n) is 8.33. The van der Waals surface area contributed by atoms with Crippen LogP contribution < -0.4 is 14.8 Å². The molecule has 1 heterocycles. The van der Waals surface area contributed by atoms with Crippen molar-refractivity contribution in [1.29, 1.82) is 0 Å². The molecule has 1 saturated heterocycles. The van der Waals surface area contributed by atoms with Gasteiger partial charge in [-0.3, -0.25) is 4.79 Å². The molecule has 0 aromatic heterocycles. The topological polar surface area (TPSA) is 114 Å². The summed E-state index contributed by atoms with van der Waals surface area (Å²) in [5.74, 6) is -0.433. The predicted octanol–water partition coefficient (Wildman–Crippen LogP) is 2.61. The quantitative estimate of drug-likeness (QED) is 0.611. The highest BCUT2D eigenvalue weighted by atomic mass is 16.6. The fraction of sp³-hybridized carbons (Fsp3) is 0.591. The highest BCUT2D eigenvalue weighted by molar-refractivity contribution is 5.80. The Morgan fingerprint density at radius 1 is 1.13 bits per heavy atom. The monoisotopic (exact) mass is 436 g/mol. The van der Waals surface area contributed by atoms with Gasteiger partial charge in [0.15, 0.2) is 18.1 Å². The Balaban J connectivity index is 2.05. The number of rotatable bonds is 9. The zero-order valence-electron chi connectivity index (χ0n) is 18.6. The maximum Gasteiger partial charge on any atom is 0.408 e. The smallest absolute Gasteiger partial charge is 0.408 e. The summed E-state index contributed by atoms with van der Waals surface area (Å²) in [7, 11) is 0. The number of ether oxygens (including phenoxy) is 3. The number of carboxylic acid groups (broad SMARTS) is 1. The Labute approximate surface area is 182 Å². The first-order chi connectivity index (χ1) is 14.6. The first-order valence-electron chi connectivity index (χ1n) is 10.5. The molecular formula is C22H32N2O7. The van der Waals surface area contributed by atoms with E-state index in [4.69, 9.17) is 14.2 Å². The molecule has 9 heteroatoms. The number of amides is 2. The van der Waals surface area contributed by atoms with E-state index in [2.05, 4.69) is 5.32 Å². The lowest BCUT2D eigenvalue weighted by atomic mass is 10.1. The van der Waals surface area contributed by atoms with Crippen LogP contribution in [0, 0.1) is 0 Å². The van der Waals surface area contributed by atoms with Crippen LogP contribution in [0.15, 0.2) is 18.2 Å². The summed E-state index contributed by atoms with van der Waals surface area (Å²) >= 11 is 0. The van der Waals surface area contributed by atoms with Crippen LogP contribution in [0.2, 0.25) is 0 Å². The van der Waals surface area contributed by atoms with Gasteiger partial charge in [-0.1, -0.05) is 6.07 Å². The van der Waals surface area contributed by atoms with Gasteiger partial charge in [0.25, 0.3) is 5.91 Å². The van der Waals surface area contributed by atoms with Gasteiger partial charge in [-0.05, 0) is 58.2 Å². The lowest BCUT2D eigenvalue weighted by Gasteiger charge is -2.22. The number of nitrogens with one attached hydrogen (secondary N) is 1. The molecule has 2 N–H and O–H groups in total. The molecule has 0 saturated carbocycles. The predicted molar refractivity (Wildman–Crippen MR) is 113 cm³/mol. The van der Waals surface area contributed by atoms with Gasteiger partial charge in [0.05, 0.1) is 6.61 Å². The van der Waals surface area contributed by atoms with Crippen LogP contribution >= 0.6 is 0 Å². The lowest BCUT2D eigenvalue weighted by molar-refractivity contribution is -0.139. The maximum atomic E-state index is 12.2. The van der Waals surface area contributed by atoms with Crippen molar-refractivity contribution in [3.8, 4) is 11.5 Å². The molecule has 1 aliphatic rings. The normalized spacial score (nSPS) is 14.6. The first kappa shape index (κ1) is 24.3. The Morgan fingerprint density at radius 2 is 1.81 bits per heavy atom. The maximum absolute atomic E-state index is 12.2. The summed E-state index contributed by atoms with van der Waals surface area (Å²) in [5.41, 5.74) is -0.106. The number of nitrogens with zero attached hydrogens (tertiary/aromatic N) is 1. The van der Waals surface area contributed by atoms with Gasteiger partial charge in [-0.2, -0.15) is 0 Å². The number of aliphatic carboxylic acids is 1. The average molecular weight is 437 g/mol. The van der Waals surface area contributed by atoms with Gasteiger partial charge in [-0.15, -0.1) is 0 Å². The largest absolute Gasteiger partial charge is 0.490 e. The van der Waals surface area contributed by atoms with Crippen LogP contribution in [0.25, 0.3) is 0 Å². The summed E-state index contributed by atoms with van der Waals surface area (Å²) in [6.45, 7) is 8.70. The van der Waals surface area contributed by atoms with E-state index < -0.39 is 23.7 Å². The number of hydrogen-bond donors (Lipinski definition) is 2. The van der Waals surface area contributed by atoms with Crippen LogP contribution in [0.4, 0.5) is 4.79 Å². The third kappa shape index (κ3) is 7.99. The fourth-order valence-electron chi connectivity index (χ4n) is 3.15. The van der Waals surface area contributed by atoms with E-state index in [0.717, 1.165) is 25.9 Å². The molecule has 1 unspecified atom stereocenters. The van der Waals surface area contributed by atoms with Crippen molar-refractivity contribution in [2.45, 2.75) is 58.6 Å². The Bertz CT molecular complexity index is 783. The summed E-state index contributed by atoms with van der Waals surface area (Å²) in [6.07, 6.45) is 1.24. The zero-order valence-corrected chi connectivity index (χ0v) is 18.6. The second-order valence-corrected chi connectivity index (χ2v) is 8.33. The number of carboxylic acids is 1. The number of carbonyl (C=O) groups excluding carboxylic acids is 2. The molecular weight excluding hydrogens is 404 g/mol. The molecule has 1 aliphatic heterocycles. The van der Waals surface area contributed by atoms with Crippen molar-refractivity contribution < 1.29 is 33.7 Å². The van der Waals surface area contributed by atoms with Crippen LogP contribution in [-0.4, -0.2) is 65.9 Å². The standard InChI is InChI=1S/C22H32N2O7/c1-5-29-18-13-15(12-16(20(26)27)23-21(28)31-22(2,3)4)8-9-17(18)30-14-19(25)24-10-6-7-11-24/h8-9,13,16H,5-7,10-12,14H2,1-4H3,(H,23,28)(H,26,27). The lowest BCUT2D eigenvalue weighted by Crippen LogP contribution is -2.44. The third-order valence-electron chi connectivity index (χ3n) is 4.55. The van der Waals surface area contributed by atoms with Gasteiger partial charge in [0, 0.05) is 19.5 Å². The van der Waals surface area contributed by atoms with E-state index in [1.165, 1.54) is 0 Å². The van der Waals surface area contributed by atoms with Crippen LogP contribution in [0.5, 0.6) is 11.5 Å². The van der Waals surface area contributed by atoms with E-state index in [0.29, 0.717) is 23.7 Å². The van der Waals surface area contributed by atoms with E-state index in [-0.39, 0.29) is 18.9 Å². The highest BCUT2D eigenvalue weighted by Gasteiger charge is 2.25. The summed E-state index contributed by atoms with van der Waals surface area (Å²) in [5, 5.41) is 11.9. The van der Waals surface area contributed by atoms with Gasteiger partial charge >= 0.3 is 12.1 Å². The van der Waals surface area contributed by atoms with E-state index in [9.17, 15) is 19.5 Å². The van der Waals surface area contributed by atoms with Crippen molar-refractivity contribution in [3.63, 3.8) is 0 Å². The van der Waals surface area contributed by atoms with Gasteiger partial charge in [0.2, 0.25) is 0 Å². The van der Waals surface area contributed by atoms with E-state index in [1.54, 1.807) is 43.9 Å². The fourth-order valence-corrected chi connectivity index (χ4v) is 3.15. The second kappa shape index (κ2) is 10.9. The Morgan fingerprint density at radius 3 is 2.39 bits per heavy atom. The van der Waals surface area contributed by atoms with Crippen LogP contribution in [0.3, 0.4) is 0 Å². The summed E-state index contributed by atoms with van der Waals surface area (Å²) in [6, 6.07) is 3.81. The first-order valence-corrected chi connectivity index (χ1v) is 10.5. The van der Waals surface area contributed by atoms with Gasteiger partial charge < -0.3 is 29.5 Å². The van der Waals surface area contributed by atoms with E-state index >= 15 is 0 Å². The van der Waals surface area contributed by atoms with Crippen LogP contribution in [-0.2, 0) is 20.7 Å². The molecule has 1 aromatic carbocycles. The summed E-state index contributed by atoms with van der Waals surface area (Å²) < 4.78 is 16.4. The Kier molecular flexibility index (Phi) is 8.53. The SMILES string of the molecule is CCOc1cc(CC(NC(=O)OC(C)(C)C)C(=O)O)ccc1OCC(=O)N1CCCC1. The molecule has 1 atom stereocenters. The van der Waals surface area contributed by atoms with Crippen molar-refractivity contribution in [2.24, 2.45) is 0 Å². The van der Waals surface area contributed by atoms with Crippen molar-refractivity contribution in [2.75, 3.05) is 26.3 Å². The summed E-state index contributed by atoms with van der Waals surface area (Å²) in [4.78, 5) is 37.6. The third-order valence-corrected chi connectivity index (χ3v) is 4.55. The van der Waals surface area contributed by atoms with E-state index in [1.807, 2.05) is 6.92 Å². The number of carbonyl (C=O) groups is 3. The molecule has 1 aromatic rings. The number of hydrogen-bond acceptors (Lipinski definition) is 6. The molecule has 0 bridgehead atoms. The van der Waals surface area contributed by atoms with Gasteiger partial charge in [-0.25, -0.2) is 9.59 Å². The van der Waals surface area contributed by atoms with Crippen molar-refractivity contribution in [3.05, 3.63) is 23.8 Å². The number of benzene rings is 1. The minimum Gasteiger partial charge on any atom is -0.490 e. The minimum absolute atomic E-state index is 0.0294. The molecule has 9 nitrogen and oxygen atoms in total. The zero-order chi connectivity index (χ0) is 23.0. The molecule has 172 valence electrons. The molecule has 0 aliphatic carbocycles. The average Bonchev–Trinajstić information content (AvgIpc) is 3.20. The van der Waals surface area contributed by atoms with Gasteiger partial charge in [0.1, 0.15) is 11.6 Å². The molecule has 0 spiro atoms. The molecule has 31 heavy (non-hydrogen) atoms. The molecule has 2 rings (SSSR count). The van der Waals surface area contributed by atoms with Crippen molar-refractivity contribution >= 4 is 18.0 Å². The molecule has 2 amide bonds.